The van der Waals surface area contributed by atoms with Crippen molar-refractivity contribution >= 4 is 16.8 Å². The molecule has 1 heterocycles. The average Bonchev–Trinajstić information content (AvgIpc) is 2.41. The van der Waals surface area contributed by atoms with E-state index in [0.717, 1.165) is 17.7 Å². The molecule has 0 bridgehead atoms. The van der Waals surface area contributed by atoms with Gasteiger partial charge in [-0.1, -0.05) is 31.2 Å². The Morgan fingerprint density at radius 2 is 1.79 bits per heavy atom. The minimum absolute atomic E-state index is 0.00176. The smallest absolute Gasteiger partial charge is 0.262 e. The Hall–Kier alpha value is -1.87. The zero-order valence-electron chi connectivity index (χ0n) is 10.8. The number of hydrogen-bond donors (Lipinski definition) is 0. The van der Waals surface area contributed by atoms with Gasteiger partial charge in [0, 0.05) is 7.05 Å². The van der Waals surface area contributed by atoms with Crippen molar-refractivity contribution < 1.29 is 4.79 Å². The molecule has 0 unspecified atom stereocenters. The standard InChI is InChI=1S/C15H14ClNO2/c1-3-10-4-6-11(7-5-10)13-9-8-12(14(16)18)15(19)17(13)2/h4-9H,3H2,1-2H3. The fraction of sp³-hybridized carbons (Fsp3) is 0.200. The summed E-state index contributed by atoms with van der Waals surface area (Å²) in [5.41, 5.74) is 2.55. The van der Waals surface area contributed by atoms with Gasteiger partial charge in [-0.2, -0.15) is 0 Å². The lowest BCUT2D eigenvalue weighted by Gasteiger charge is -2.09. The summed E-state index contributed by atoms with van der Waals surface area (Å²) in [6, 6.07) is 11.2. The number of nitrogens with zero attached hydrogens (tertiary/aromatic N) is 1. The van der Waals surface area contributed by atoms with E-state index in [2.05, 4.69) is 6.92 Å². The number of carbonyl (C=O) groups excluding carboxylic acids is 1. The molecule has 0 atom stereocenters. The number of hydrogen-bond acceptors (Lipinski definition) is 2. The molecule has 19 heavy (non-hydrogen) atoms. The Balaban J connectivity index is 2.54. The molecule has 0 fully saturated rings. The summed E-state index contributed by atoms with van der Waals surface area (Å²) >= 11 is 5.37. The van der Waals surface area contributed by atoms with Gasteiger partial charge in [0.25, 0.3) is 10.8 Å². The first kappa shape index (κ1) is 13.6. The Morgan fingerprint density at radius 3 is 2.32 bits per heavy atom. The number of pyridine rings is 1. The first-order valence-corrected chi connectivity index (χ1v) is 6.41. The molecule has 0 saturated heterocycles. The van der Waals surface area contributed by atoms with Gasteiger partial charge in [-0.05, 0) is 41.3 Å². The van der Waals surface area contributed by atoms with Gasteiger partial charge in [0.1, 0.15) is 0 Å². The molecule has 2 rings (SSSR count). The van der Waals surface area contributed by atoms with E-state index in [1.807, 2.05) is 24.3 Å². The molecule has 1 aromatic heterocycles. The summed E-state index contributed by atoms with van der Waals surface area (Å²) in [5.74, 6) is 0. The van der Waals surface area contributed by atoms with Crippen molar-refractivity contribution in [3.05, 3.63) is 57.9 Å². The number of benzene rings is 1. The molecule has 0 aliphatic heterocycles. The van der Waals surface area contributed by atoms with Gasteiger partial charge in [0.2, 0.25) is 0 Å². The normalized spacial score (nSPS) is 10.5. The highest BCUT2D eigenvalue weighted by atomic mass is 35.5. The van der Waals surface area contributed by atoms with Crippen LogP contribution in [0, 0.1) is 0 Å². The van der Waals surface area contributed by atoms with Crippen LogP contribution in [0.15, 0.2) is 41.2 Å². The summed E-state index contributed by atoms with van der Waals surface area (Å²) < 4.78 is 1.44. The fourth-order valence-electron chi connectivity index (χ4n) is 1.99. The molecule has 3 nitrogen and oxygen atoms in total. The van der Waals surface area contributed by atoms with Crippen molar-refractivity contribution in [3.8, 4) is 11.3 Å². The van der Waals surface area contributed by atoms with Gasteiger partial charge < -0.3 is 4.57 Å². The van der Waals surface area contributed by atoms with Gasteiger partial charge in [-0.15, -0.1) is 0 Å². The van der Waals surface area contributed by atoms with Crippen LogP contribution >= 0.6 is 11.6 Å². The first-order valence-electron chi connectivity index (χ1n) is 6.03. The average molecular weight is 276 g/mol. The molecule has 98 valence electrons. The highest BCUT2D eigenvalue weighted by molar-refractivity contribution is 6.67. The second kappa shape index (κ2) is 5.41. The number of aryl methyl sites for hydroxylation is 1. The Kier molecular flexibility index (Phi) is 3.86. The van der Waals surface area contributed by atoms with Gasteiger partial charge in [-0.25, -0.2) is 0 Å². The Labute approximate surface area is 116 Å². The lowest BCUT2D eigenvalue weighted by atomic mass is 10.1. The van der Waals surface area contributed by atoms with Crippen molar-refractivity contribution in [1.82, 2.24) is 4.57 Å². The molecular formula is C15H14ClNO2. The monoisotopic (exact) mass is 275 g/mol. The zero-order chi connectivity index (χ0) is 14.0. The quantitative estimate of drug-likeness (QED) is 0.808. The maximum Gasteiger partial charge on any atom is 0.262 e. The van der Waals surface area contributed by atoms with Crippen LogP contribution in [-0.2, 0) is 13.5 Å². The number of carbonyl (C=O) groups is 1. The van der Waals surface area contributed by atoms with Crippen molar-refractivity contribution in [2.45, 2.75) is 13.3 Å². The summed E-state index contributed by atoms with van der Waals surface area (Å²) in [5, 5.41) is -0.728. The van der Waals surface area contributed by atoms with Gasteiger partial charge in [-0.3, -0.25) is 9.59 Å². The third-order valence-corrected chi connectivity index (χ3v) is 3.38. The van der Waals surface area contributed by atoms with Crippen molar-refractivity contribution in [3.63, 3.8) is 0 Å². The van der Waals surface area contributed by atoms with E-state index in [1.165, 1.54) is 16.2 Å². The van der Waals surface area contributed by atoms with E-state index in [1.54, 1.807) is 13.1 Å². The number of rotatable bonds is 3. The highest BCUT2D eigenvalue weighted by Crippen LogP contribution is 2.19. The summed E-state index contributed by atoms with van der Waals surface area (Å²) in [6.07, 6.45) is 0.971. The molecule has 0 aliphatic carbocycles. The minimum atomic E-state index is -0.728. The van der Waals surface area contributed by atoms with E-state index in [9.17, 15) is 9.59 Å². The topological polar surface area (TPSA) is 39.1 Å². The van der Waals surface area contributed by atoms with E-state index in [4.69, 9.17) is 11.6 Å². The predicted octanol–water partition coefficient (Wildman–Crippen LogP) is 2.99. The Morgan fingerprint density at radius 1 is 1.16 bits per heavy atom. The second-order valence-corrected chi connectivity index (χ2v) is 4.66. The third-order valence-electron chi connectivity index (χ3n) is 3.17. The third kappa shape index (κ3) is 2.61. The van der Waals surface area contributed by atoms with Gasteiger partial charge in [0.15, 0.2) is 0 Å². The molecule has 2 aromatic rings. The van der Waals surface area contributed by atoms with E-state index in [-0.39, 0.29) is 11.1 Å². The molecule has 0 amide bonds. The fourth-order valence-corrected chi connectivity index (χ4v) is 2.13. The molecule has 1 aromatic carbocycles. The lowest BCUT2D eigenvalue weighted by Crippen LogP contribution is -2.23. The molecule has 0 radical (unpaired) electrons. The number of aromatic nitrogens is 1. The summed E-state index contributed by atoms with van der Waals surface area (Å²) in [7, 11) is 1.63. The molecule has 0 aliphatic rings. The molecule has 0 spiro atoms. The Bertz CT molecular complexity index is 672. The molecule has 0 N–H and O–H groups in total. The minimum Gasteiger partial charge on any atom is -0.311 e. The van der Waals surface area contributed by atoms with Crippen molar-refractivity contribution in [2.24, 2.45) is 7.05 Å². The first-order chi connectivity index (χ1) is 9.04. The van der Waals surface area contributed by atoms with Crippen LogP contribution in [0.5, 0.6) is 0 Å². The van der Waals surface area contributed by atoms with E-state index in [0.29, 0.717) is 0 Å². The second-order valence-electron chi connectivity index (χ2n) is 4.32. The van der Waals surface area contributed by atoms with Crippen LogP contribution in [0.2, 0.25) is 0 Å². The van der Waals surface area contributed by atoms with E-state index < -0.39 is 5.24 Å². The molecular weight excluding hydrogens is 262 g/mol. The van der Waals surface area contributed by atoms with Crippen LogP contribution in [0.3, 0.4) is 0 Å². The van der Waals surface area contributed by atoms with E-state index >= 15 is 0 Å². The largest absolute Gasteiger partial charge is 0.311 e. The van der Waals surface area contributed by atoms with Crippen LogP contribution in [0.1, 0.15) is 22.8 Å². The van der Waals surface area contributed by atoms with Gasteiger partial charge >= 0.3 is 0 Å². The van der Waals surface area contributed by atoms with Crippen molar-refractivity contribution in [2.75, 3.05) is 0 Å². The SMILES string of the molecule is CCc1ccc(-c2ccc(C(=O)Cl)c(=O)n2C)cc1. The van der Waals surface area contributed by atoms with Crippen LogP contribution in [-0.4, -0.2) is 9.81 Å². The zero-order valence-corrected chi connectivity index (χ0v) is 11.6. The number of halogens is 1. The summed E-state index contributed by atoms with van der Waals surface area (Å²) in [6.45, 7) is 2.09. The summed E-state index contributed by atoms with van der Waals surface area (Å²) in [4.78, 5) is 23.1. The lowest BCUT2D eigenvalue weighted by molar-refractivity contribution is 0.107. The van der Waals surface area contributed by atoms with Crippen LogP contribution < -0.4 is 5.56 Å². The molecule has 4 heteroatoms. The van der Waals surface area contributed by atoms with Crippen molar-refractivity contribution in [1.29, 1.82) is 0 Å². The van der Waals surface area contributed by atoms with Crippen LogP contribution in [0.25, 0.3) is 11.3 Å². The molecule has 0 saturated carbocycles. The van der Waals surface area contributed by atoms with Gasteiger partial charge in [0.05, 0.1) is 11.3 Å². The predicted molar refractivity (Wildman–Crippen MR) is 76.7 cm³/mol. The maximum atomic E-state index is 12.0. The van der Waals surface area contributed by atoms with Crippen LogP contribution in [0.4, 0.5) is 0 Å². The maximum absolute atomic E-state index is 12.0. The highest BCUT2D eigenvalue weighted by Gasteiger charge is 2.11.